The summed E-state index contributed by atoms with van der Waals surface area (Å²) in [6.07, 6.45) is 1.69. The van der Waals surface area contributed by atoms with Gasteiger partial charge in [0.1, 0.15) is 11.5 Å². The second-order valence-corrected chi connectivity index (χ2v) is 4.94. The molecule has 1 aromatic carbocycles. The van der Waals surface area contributed by atoms with E-state index in [1.54, 1.807) is 13.4 Å². The molecule has 4 heteroatoms. The molecule has 0 aliphatic carbocycles. The van der Waals surface area contributed by atoms with Crippen LogP contribution in [0.25, 0.3) is 0 Å². The number of ether oxygens (including phenoxy) is 1. The molecule has 0 amide bonds. The van der Waals surface area contributed by atoms with Crippen LogP contribution in [0, 0.1) is 0 Å². The maximum absolute atomic E-state index is 5.35. The summed E-state index contributed by atoms with van der Waals surface area (Å²) in [7, 11) is 1.66. The lowest BCUT2D eigenvalue weighted by molar-refractivity contribution is 0.411. The third kappa shape index (κ3) is 3.15. The van der Waals surface area contributed by atoms with E-state index in [1.165, 1.54) is 5.56 Å². The first-order valence-corrected chi connectivity index (χ1v) is 6.59. The van der Waals surface area contributed by atoms with Crippen LogP contribution in [0.4, 0.5) is 0 Å². The highest BCUT2D eigenvalue weighted by atomic mass is 79.9. The second kappa shape index (κ2) is 6.07. The summed E-state index contributed by atoms with van der Waals surface area (Å²) in [6, 6.07) is 10.1. The van der Waals surface area contributed by atoms with Gasteiger partial charge < -0.3 is 14.5 Å². The van der Waals surface area contributed by atoms with E-state index in [4.69, 9.17) is 9.15 Å². The SMILES string of the molecule is COc1ccc(CN[C@H](C)c2ccco2)cc1Br. The molecular formula is C14H16BrNO2. The number of benzene rings is 1. The zero-order valence-corrected chi connectivity index (χ0v) is 12.0. The van der Waals surface area contributed by atoms with Crippen LogP contribution in [-0.4, -0.2) is 7.11 Å². The lowest BCUT2D eigenvalue weighted by Crippen LogP contribution is -2.17. The Kier molecular flexibility index (Phi) is 4.44. The third-order valence-electron chi connectivity index (χ3n) is 2.80. The van der Waals surface area contributed by atoms with E-state index in [0.29, 0.717) is 0 Å². The Labute approximate surface area is 115 Å². The number of furan rings is 1. The number of hydrogen-bond donors (Lipinski definition) is 1. The monoisotopic (exact) mass is 309 g/mol. The fourth-order valence-corrected chi connectivity index (χ4v) is 2.32. The Hall–Kier alpha value is -1.26. The summed E-state index contributed by atoms with van der Waals surface area (Å²) in [5.74, 6) is 1.79. The van der Waals surface area contributed by atoms with Crippen LogP contribution < -0.4 is 10.1 Å². The quantitative estimate of drug-likeness (QED) is 0.909. The average molecular weight is 310 g/mol. The summed E-state index contributed by atoms with van der Waals surface area (Å²) < 4.78 is 11.5. The molecule has 0 aliphatic rings. The zero-order chi connectivity index (χ0) is 13.0. The molecular weight excluding hydrogens is 294 g/mol. The van der Waals surface area contributed by atoms with E-state index in [9.17, 15) is 0 Å². The Morgan fingerprint density at radius 2 is 2.22 bits per heavy atom. The summed E-state index contributed by atoms with van der Waals surface area (Å²) in [5.41, 5.74) is 1.20. The summed E-state index contributed by atoms with van der Waals surface area (Å²) in [5, 5.41) is 3.41. The summed E-state index contributed by atoms with van der Waals surface area (Å²) in [6.45, 7) is 2.86. The molecule has 0 saturated carbocycles. The maximum atomic E-state index is 5.35. The molecule has 0 radical (unpaired) electrons. The van der Waals surface area contributed by atoms with Crippen molar-refractivity contribution in [3.05, 3.63) is 52.4 Å². The molecule has 1 N–H and O–H groups in total. The van der Waals surface area contributed by atoms with Crippen molar-refractivity contribution in [3.8, 4) is 5.75 Å². The van der Waals surface area contributed by atoms with Gasteiger partial charge in [-0.2, -0.15) is 0 Å². The van der Waals surface area contributed by atoms with Gasteiger partial charge in [-0.05, 0) is 52.7 Å². The van der Waals surface area contributed by atoms with Crippen LogP contribution in [0.1, 0.15) is 24.3 Å². The fraction of sp³-hybridized carbons (Fsp3) is 0.286. The van der Waals surface area contributed by atoms with Gasteiger partial charge in [-0.1, -0.05) is 6.07 Å². The van der Waals surface area contributed by atoms with Gasteiger partial charge in [-0.25, -0.2) is 0 Å². The minimum absolute atomic E-state index is 0.195. The Bertz CT molecular complexity index is 497. The molecule has 18 heavy (non-hydrogen) atoms. The van der Waals surface area contributed by atoms with E-state index in [1.807, 2.05) is 24.3 Å². The van der Waals surface area contributed by atoms with Crippen molar-refractivity contribution < 1.29 is 9.15 Å². The van der Waals surface area contributed by atoms with Gasteiger partial charge in [0, 0.05) is 6.54 Å². The smallest absolute Gasteiger partial charge is 0.133 e. The molecule has 0 spiro atoms. The van der Waals surface area contributed by atoms with Crippen LogP contribution in [0.5, 0.6) is 5.75 Å². The van der Waals surface area contributed by atoms with E-state index < -0.39 is 0 Å². The molecule has 1 atom stereocenters. The highest BCUT2D eigenvalue weighted by molar-refractivity contribution is 9.10. The number of rotatable bonds is 5. The number of methoxy groups -OCH3 is 1. The molecule has 0 saturated heterocycles. The van der Waals surface area contributed by atoms with Crippen molar-refractivity contribution in [1.29, 1.82) is 0 Å². The van der Waals surface area contributed by atoms with Crippen LogP contribution >= 0.6 is 15.9 Å². The van der Waals surface area contributed by atoms with Gasteiger partial charge in [0.15, 0.2) is 0 Å². The topological polar surface area (TPSA) is 34.4 Å². The molecule has 96 valence electrons. The summed E-state index contributed by atoms with van der Waals surface area (Å²) in [4.78, 5) is 0. The molecule has 2 aromatic rings. The van der Waals surface area contributed by atoms with Crippen molar-refractivity contribution >= 4 is 15.9 Å². The van der Waals surface area contributed by atoms with Gasteiger partial charge >= 0.3 is 0 Å². The minimum atomic E-state index is 0.195. The third-order valence-corrected chi connectivity index (χ3v) is 3.42. The molecule has 3 nitrogen and oxygen atoms in total. The van der Waals surface area contributed by atoms with Gasteiger partial charge in [0.25, 0.3) is 0 Å². The van der Waals surface area contributed by atoms with Crippen molar-refractivity contribution in [2.75, 3.05) is 7.11 Å². The lowest BCUT2D eigenvalue weighted by Gasteiger charge is -2.12. The van der Waals surface area contributed by atoms with Crippen molar-refractivity contribution in [1.82, 2.24) is 5.32 Å². The fourth-order valence-electron chi connectivity index (χ4n) is 1.73. The Morgan fingerprint density at radius 1 is 1.39 bits per heavy atom. The van der Waals surface area contributed by atoms with Gasteiger partial charge in [-0.3, -0.25) is 0 Å². The molecule has 0 unspecified atom stereocenters. The van der Waals surface area contributed by atoms with Gasteiger partial charge in [0.05, 0.1) is 23.9 Å². The number of halogens is 1. The lowest BCUT2D eigenvalue weighted by atomic mass is 10.2. The molecule has 0 bridgehead atoms. The standard InChI is InChI=1S/C14H16BrNO2/c1-10(13-4-3-7-18-13)16-9-11-5-6-14(17-2)12(15)8-11/h3-8,10,16H,9H2,1-2H3/t10-/m1/s1. The zero-order valence-electron chi connectivity index (χ0n) is 10.4. The molecule has 1 aromatic heterocycles. The first-order chi connectivity index (χ1) is 8.70. The summed E-state index contributed by atoms with van der Waals surface area (Å²) >= 11 is 3.48. The molecule has 1 heterocycles. The van der Waals surface area contributed by atoms with Crippen LogP contribution in [0.3, 0.4) is 0 Å². The van der Waals surface area contributed by atoms with Crippen molar-refractivity contribution in [3.63, 3.8) is 0 Å². The maximum Gasteiger partial charge on any atom is 0.133 e. The van der Waals surface area contributed by atoms with E-state index in [2.05, 4.69) is 34.2 Å². The number of hydrogen-bond acceptors (Lipinski definition) is 3. The first-order valence-electron chi connectivity index (χ1n) is 5.80. The largest absolute Gasteiger partial charge is 0.496 e. The van der Waals surface area contributed by atoms with Crippen molar-refractivity contribution in [2.24, 2.45) is 0 Å². The van der Waals surface area contributed by atoms with E-state index in [-0.39, 0.29) is 6.04 Å². The Balaban J connectivity index is 1.96. The van der Waals surface area contributed by atoms with Gasteiger partial charge in [0.2, 0.25) is 0 Å². The van der Waals surface area contributed by atoms with Gasteiger partial charge in [-0.15, -0.1) is 0 Å². The molecule has 0 aliphatic heterocycles. The number of nitrogens with one attached hydrogen (secondary N) is 1. The minimum Gasteiger partial charge on any atom is -0.496 e. The van der Waals surface area contributed by atoms with Crippen molar-refractivity contribution in [2.45, 2.75) is 19.5 Å². The first kappa shape index (κ1) is 13.2. The highest BCUT2D eigenvalue weighted by Crippen LogP contribution is 2.25. The second-order valence-electron chi connectivity index (χ2n) is 4.09. The normalized spacial score (nSPS) is 12.4. The molecule has 2 rings (SSSR count). The van der Waals surface area contributed by atoms with E-state index >= 15 is 0 Å². The highest BCUT2D eigenvalue weighted by Gasteiger charge is 2.08. The van der Waals surface area contributed by atoms with E-state index in [0.717, 1.165) is 22.5 Å². The predicted molar refractivity (Wildman–Crippen MR) is 74.7 cm³/mol. The predicted octanol–water partition coefficient (Wildman–Crippen LogP) is 3.90. The van der Waals surface area contributed by atoms with Crippen LogP contribution in [0.2, 0.25) is 0 Å². The Morgan fingerprint density at radius 3 is 2.83 bits per heavy atom. The van der Waals surface area contributed by atoms with Crippen LogP contribution in [0.15, 0.2) is 45.5 Å². The molecule has 0 fully saturated rings. The van der Waals surface area contributed by atoms with Crippen LogP contribution in [-0.2, 0) is 6.54 Å². The average Bonchev–Trinajstić information content (AvgIpc) is 2.90.